The maximum atomic E-state index is 13.2. The van der Waals surface area contributed by atoms with Crippen molar-refractivity contribution in [2.24, 2.45) is 5.14 Å². The van der Waals surface area contributed by atoms with Crippen LogP contribution in [0.25, 0.3) is 22.3 Å². The van der Waals surface area contributed by atoms with E-state index in [2.05, 4.69) is 10.4 Å². The lowest BCUT2D eigenvalue weighted by Crippen LogP contribution is -2.23. The Morgan fingerprint density at radius 1 is 1.22 bits per heavy atom. The minimum atomic E-state index is -3.76. The Morgan fingerprint density at radius 2 is 1.97 bits per heavy atom. The van der Waals surface area contributed by atoms with Gasteiger partial charge in [-0.2, -0.15) is 5.10 Å². The van der Waals surface area contributed by atoms with Crippen LogP contribution < -0.4 is 10.5 Å². The third-order valence-electron chi connectivity index (χ3n) is 5.06. The van der Waals surface area contributed by atoms with Gasteiger partial charge in [-0.1, -0.05) is 24.3 Å². The lowest BCUT2D eigenvalue weighted by molar-refractivity contribution is 0.0953. The van der Waals surface area contributed by atoms with Crippen molar-refractivity contribution in [1.82, 2.24) is 20.1 Å². The van der Waals surface area contributed by atoms with Crippen LogP contribution in [0.5, 0.6) is 0 Å². The number of amides is 1. The first kappa shape index (κ1) is 22.1. The van der Waals surface area contributed by atoms with Crippen LogP contribution in [-0.4, -0.2) is 29.1 Å². The molecule has 0 unspecified atom stereocenters. The Bertz CT molecular complexity index is 1420. The molecule has 0 saturated heterocycles. The quantitative estimate of drug-likeness (QED) is 0.447. The van der Waals surface area contributed by atoms with Gasteiger partial charge in [-0.05, 0) is 44.5 Å². The number of fused-ring (bicyclic) bond motifs is 1. The SMILES string of the molecule is Cc1ccccc1-c1cc(C(=O)NCc2ccc(S(N)(=O)=O)s2)c2cnn(C(C)C)c2n1. The zero-order valence-electron chi connectivity index (χ0n) is 17.9. The van der Waals surface area contributed by atoms with Crippen molar-refractivity contribution in [3.63, 3.8) is 0 Å². The molecule has 0 saturated carbocycles. The molecule has 0 bridgehead atoms. The number of rotatable bonds is 6. The minimum Gasteiger partial charge on any atom is -0.347 e. The van der Waals surface area contributed by atoms with Gasteiger partial charge in [0.15, 0.2) is 5.65 Å². The monoisotopic (exact) mass is 469 g/mol. The summed E-state index contributed by atoms with van der Waals surface area (Å²) in [6.07, 6.45) is 1.66. The number of primary sulfonamides is 1. The fourth-order valence-corrected chi connectivity index (χ4v) is 5.17. The summed E-state index contributed by atoms with van der Waals surface area (Å²) in [7, 11) is -3.76. The number of nitrogens with one attached hydrogen (secondary N) is 1. The summed E-state index contributed by atoms with van der Waals surface area (Å²) in [5, 5.41) is 13.1. The Labute approximate surface area is 190 Å². The second kappa shape index (κ2) is 8.45. The molecule has 1 amide bonds. The highest BCUT2D eigenvalue weighted by Crippen LogP contribution is 2.28. The number of pyridine rings is 1. The van der Waals surface area contributed by atoms with Crippen LogP contribution in [0.15, 0.2) is 52.9 Å². The van der Waals surface area contributed by atoms with Crippen LogP contribution in [0, 0.1) is 6.92 Å². The van der Waals surface area contributed by atoms with E-state index in [1.165, 1.54) is 6.07 Å². The molecule has 0 aliphatic rings. The van der Waals surface area contributed by atoms with Gasteiger partial charge in [0, 0.05) is 16.5 Å². The van der Waals surface area contributed by atoms with Gasteiger partial charge in [0.25, 0.3) is 5.91 Å². The molecule has 0 radical (unpaired) electrons. The molecule has 3 heterocycles. The fourth-order valence-electron chi connectivity index (χ4n) is 3.45. The number of carbonyl (C=O) groups is 1. The molecule has 166 valence electrons. The second-order valence-corrected chi connectivity index (χ2v) is 10.7. The molecule has 32 heavy (non-hydrogen) atoms. The third-order valence-corrected chi connectivity index (χ3v) is 7.59. The maximum Gasteiger partial charge on any atom is 0.252 e. The normalized spacial score (nSPS) is 11.9. The summed E-state index contributed by atoms with van der Waals surface area (Å²) < 4.78 is 24.8. The minimum absolute atomic E-state index is 0.0631. The molecule has 3 aromatic heterocycles. The molecule has 4 aromatic rings. The standard InChI is InChI=1S/C22H23N5O3S2/c1-13(2)27-21-18(12-25-27)17(10-19(26-21)16-7-5-4-6-14(16)3)22(28)24-11-15-8-9-20(31-15)32(23,29)30/h4-10,12-13H,11H2,1-3H3,(H,24,28)(H2,23,29,30). The average Bonchev–Trinajstić information content (AvgIpc) is 3.38. The largest absolute Gasteiger partial charge is 0.347 e. The summed E-state index contributed by atoms with van der Waals surface area (Å²) in [5.41, 5.74) is 3.78. The van der Waals surface area contributed by atoms with E-state index < -0.39 is 10.0 Å². The Morgan fingerprint density at radius 3 is 2.62 bits per heavy atom. The highest BCUT2D eigenvalue weighted by molar-refractivity contribution is 7.91. The zero-order valence-corrected chi connectivity index (χ0v) is 19.5. The van der Waals surface area contributed by atoms with Crippen molar-refractivity contribution in [1.29, 1.82) is 0 Å². The van der Waals surface area contributed by atoms with Crippen molar-refractivity contribution in [3.05, 3.63) is 64.7 Å². The summed E-state index contributed by atoms with van der Waals surface area (Å²) >= 11 is 1.03. The molecule has 0 aliphatic carbocycles. The van der Waals surface area contributed by atoms with Crippen LogP contribution >= 0.6 is 11.3 Å². The number of carbonyl (C=O) groups excluding carboxylic acids is 1. The first-order chi connectivity index (χ1) is 15.1. The summed E-state index contributed by atoms with van der Waals surface area (Å²) in [5.74, 6) is -0.291. The van der Waals surface area contributed by atoms with Crippen LogP contribution in [0.2, 0.25) is 0 Å². The van der Waals surface area contributed by atoms with E-state index in [1.807, 2.05) is 45.0 Å². The van der Waals surface area contributed by atoms with E-state index in [1.54, 1.807) is 23.0 Å². The molecule has 10 heteroatoms. The van der Waals surface area contributed by atoms with Gasteiger partial charge in [-0.25, -0.2) is 23.2 Å². The molecule has 3 N–H and O–H groups in total. The highest BCUT2D eigenvalue weighted by Gasteiger charge is 2.19. The van der Waals surface area contributed by atoms with E-state index in [0.717, 1.165) is 22.5 Å². The van der Waals surface area contributed by atoms with Gasteiger partial charge >= 0.3 is 0 Å². The second-order valence-electron chi connectivity index (χ2n) is 7.74. The van der Waals surface area contributed by atoms with Gasteiger partial charge in [-0.3, -0.25) is 4.79 Å². The van der Waals surface area contributed by atoms with Crippen LogP contribution in [0.1, 0.15) is 40.7 Å². The number of nitrogens with zero attached hydrogens (tertiary/aromatic N) is 3. The van der Waals surface area contributed by atoms with E-state index in [0.29, 0.717) is 27.2 Å². The van der Waals surface area contributed by atoms with Crippen LogP contribution in [-0.2, 0) is 16.6 Å². The zero-order chi connectivity index (χ0) is 23.0. The van der Waals surface area contributed by atoms with Gasteiger partial charge in [0.1, 0.15) is 4.21 Å². The van der Waals surface area contributed by atoms with Gasteiger partial charge in [-0.15, -0.1) is 11.3 Å². The average molecular weight is 470 g/mol. The van der Waals surface area contributed by atoms with Crippen molar-refractivity contribution in [2.75, 3.05) is 0 Å². The van der Waals surface area contributed by atoms with Crippen LogP contribution in [0.3, 0.4) is 0 Å². The van der Waals surface area contributed by atoms with Crippen molar-refractivity contribution in [2.45, 2.75) is 37.6 Å². The number of aryl methyl sites for hydroxylation is 1. The predicted molar refractivity (Wildman–Crippen MR) is 125 cm³/mol. The van der Waals surface area contributed by atoms with Crippen molar-refractivity contribution < 1.29 is 13.2 Å². The smallest absolute Gasteiger partial charge is 0.252 e. The number of aromatic nitrogens is 3. The van der Waals surface area contributed by atoms with E-state index >= 15 is 0 Å². The molecule has 0 fully saturated rings. The molecular formula is C22H23N5O3S2. The molecular weight excluding hydrogens is 446 g/mol. The number of benzene rings is 1. The first-order valence-corrected chi connectivity index (χ1v) is 12.4. The lowest BCUT2D eigenvalue weighted by atomic mass is 10.0. The topological polar surface area (TPSA) is 120 Å². The van der Waals surface area contributed by atoms with E-state index in [4.69, 9.17) is 10.1 Å². The Kier molecular flexibility index (Phi) is 5.85. The van der Waals surface area contributed by atoms with Crippen LogP contribution in [0.4, 0.5) is 0 Å². The molecule has 0 spiro atoms. The Balaban J connectivity index is 1.73. The number of hydrogen-bond acceptors (Lipinski definition) is 6. The maximum absolute atomic E-state index is 13.2. The van der Waals surface area contributed by atoms with Gasteiger partial charge < -0.3 is 5.32 Å². The first-order valence-electron chi connectivity index (χ1n) is 9.99. The van der Waals surface area contributed by atoms with Gasteiger partial charge in [0.05, 0.1) is 29.4 Å². The summed E-state index contributed by atoms with van der Waals surface area (Å²) in [4.78, 5) is 18.7. The van der Waals surface area contributed by atoms with E-state index in [9.17, 15) is 13.2 Å². The molecule has 0 aliphatic heterocycles. The predicted octanol–water partition coefficient (Wildman–Crippen LogP) is 3.63. The van der Waals surface area contributed by atoms with Gasteiger partial charge in [0.2, 0.25) is 10.0 Å². The number of thiophene rings is 1. The third kappa shape index (κ3) is 4.29. The lowest BCUT2D eigenvalue weighted by Gasteiger charge is -2.12. The Hall–Kier alpha value is -3.08. The molecule has 8 nitrogen and oxygen atoms in total. The van der Waals surface area contributed by atoms with Crippen molar-refractivity contribution >= 4 is 38.3 Å². The fraction of sp³-hybridized carbons (Fsp3) is 0.227. The van der Waals surface area contributed by atoms with E-state index in [-0.39, 0.29) is 22.7 Å². The summed E-state index contributed by atoms with van der Waals surface area (Å²) in [6.45, 7) is 6.20. The summed E-state index contributed by atoms with van der Waals surface area (Å²) in [6, 6.07) is 12.8. The highest BCUT2D eigenvalue weighted by atomic mass is 32.2. The number of sulfonamides is 1. The number of hydrogen-bond donors (Lipinski definition) is 2. The number of nitrogens with two attached hydrogens (primary N) is 1. The molecule has 4 rings (SSSR count). The van der Waals surface area contributed by atoms with Crippen molar-refractivity contribution in [3.8, 4) is 11.3 Å². The molecule has 0 atom stereocenters. The molecule has 1 aromatic carbocycles.